The SMILES string of the molecule is CCNC(=O)NC(=O)C(C)OC(=O)c1ccccc1OCc1cccc(Br)c1. The van der Waals surface area contributed by atoms with E-state index in [1.54, 1.807) is 31.2 Å². The first-order valence-electron chi connectivity index (χ1n) is 8.66. The van der Waals surface area contributed by atoms with Crippen LogP contribution in [0.25, 0.3) is 0 Å². The molecule has 148 valence electrons. The lowest BCUT2D eigenvalue weighted by Gasteiger charge is -2.15. The number of halogens is 1. The fourth-order valence-corrected chi connectivity index (χ4v) is 2.69. The third kappa shape index (κ3) is 6.38. The number of carbonyl (C=O) groups excluding carboxylic acids is 3. The maximum absolute atomic E-state index is 12.5. The van der Waals surface area contributed by atoms with Crippen LogP contribution in [0.15, 0.2) is 53.0 Å². The summed E-state index contributed by atoms with van der Waals surface area (Å²) in [5, 5.41) is 4.53. The highest BCUT2D eigenvalue weighted by atomic mass is 79.9. The first-order chi connectivity index (χ1) is 13.4. The first kappa shape index (κ1) is 21.4. The fraction of sp³-hybridized carbons (Fsp3) is 0.250. The average Bonchev–Trinajstić information content (AvgIpc) is 2.66. The van der Waals surface area contributed by atoms with Crippen LogP contribution < -0.4 is 15.4 Å². The van der Waals surface area contributed by atoms with Crippen molar-refractivity contribution >= 4 is 33.8 Å². The molecule has 0 spiro atoms. The van der Waals surface area contributed by atoms with Crippen molar-refractivity contribution in [2.24, 2.45) is 0 Å². The normalized spacial score (nSPS) is 11.2. The molecule has 0 saturated carbocycles. The maximum atomic E-state index is 12.5. The lowest BCUT2D eigenvalue weighted by Crippen LogP contribution is -2.44. The van der Waals surface area contributed by atoms with Gasteiger partial charge in [0.25, 0.3) is 5.91 Å². The van der Waals surface area contributed by atoms with Crippen LogP contribution in [0, 0.1) is 0 Å². The minimum Gasteiger partial charge on any atom is -0.488 e. The number of imide groups is 1. The zero-order valence-electron chi connectivity index (χ0n) is 15.5. The number of rotatable bonds is 7. The molecule has 8 heteroatoms. The molecule has 28 heavy (non-hydrogen) atoms. The maximum Gasteiger partial charge on any atom is 0.342 e. The van der Waals surface area contributed by atoms with E-state index < -0.39 is 24.0 Å². The minimum absolute atomic E-state index is 0.190. The van der Waals surface area contributed by atoms with Gasteiger partial charge in [-0.15, -0.1) is 0 Å². The van der Waals surface area contributed by atoms with Gasteiger partial charge in [-0.05, 0) is 43.7 Å². The third-order valence-corrected chi connectivity index (χ3v) is 4.11. The van der Waals surface area contributed by atoms with Crippen molar-refractivity contribution < 1.29 is 23.9 Å². The van der Waals surface area contributed by atoms with Crippen molar-refractivity contribution in [2.75, 3.05) is 6.54 Å². The molecular weight excluding hydrogens is 428 g/mol. The van der Waals surface area contributed by atoms with Crippen LogP contribution >= 0.6 is 15.9 Å². The average molecular weight is 449 g/mol. The summed E-state index contributed by atoms with van der Waals surface area (Å²) in [6.45, 7) is 3.74. The summed E-state index contributed by atoms with van der Waals surface area (Å²) in [7, 11) is 0. The van der Waals surface area contributed by atoms with E-state index >= 15 is 0 Å². The van der Waals surface area contributed by atoms with Gasteiger partial charge in [-0.2, -0.15) is 0 Å². The van der Waals surface area contributed by atoms with E-state index in [9.17, 15) is 14.4 Å². The van der Waals surface area contributed by atoms with Gasteiger partial charge in [0.2, 0.25) is 0 Å². The zero-order valence-corrected chi connectivity index (χ0v) is 17.1. The van der Waals surface area contributed by atoms with Crippen LogP contribution in [-0.4, -0.2) is 30.6 Å². The Morgan fingerprint density at radius 3 is 2.57 bits per heavy atom. The molecule has 3 amide bonds. The fourth-order valence-electron chi connectivity index (χ4n) is 2.24. The van der Waals surface area contributed by atoms with Crippen molar-refractivity contribution in [1.82, 2.24) is 10.6 Å². The van der Waals surface area contributed by atoms with E-state index in [0.29, 0.717) is 12.3 Å². The van der Waals surface area contributed by atoms with Gasteiger partial charge in [-0.1, -0.05) is 40.2 Å². The largest absolute Gasteiger partial charge is 0.488 e. The number of esters is 1. The van der Waals surface area contributed by atoms with Crippen molar-refractivity contribution in [2.45, 2.75) is 26.6 Å². The Labute approximate surface area is 171 Å². The number of amides is 3. The molecule has 0 saturated heterocycles. The predicted molar refractivity (Wildman–Crippen MR) is 107 cm³/mol. The summed E-state index contributed by atoms with van der Waals surface area (Å²) in [6.07, 6.45) is -1.15. The molecule has 2 rings (SSSR count). The lowest BCUT2D eigenvalue weighted by molar-refractivity contribution is -0.127. The van der Waals surface area contributed by atoms with Gasteiger partial charge in [0.05, 0.1) is 0 Å². The molecular formula is C20H21BrN2O5. The second kappa shape index (κ2) is 10.5. The van der Waals surface area contributed by atoms with Gasteiger partial charge >= 0.3 is 12.0 Å². The van der Waals surface area contributed by atoms with Crippen molar-refractivity contribution in [3.8, 4) is 5.75 Å². The third-order valence-electron chi connectivity index (χ3n) is 3.62. The van der Waals surface area contributed by atoms with Crippen LogP contribution in [0.5, 0.6) is 5.75 Å². The number of hydrogen-bond acceptors (Lipinski definition) is 5. The summed E-state index contributed by atoms with van der Waals surface area (Å²) in [4.78, 5) is 35.8. The highest BCUT2D eigenvalue weighted by Crippen LogP contribution is 2.21. The number of benzene rings is 2. The summed E-state index contributed by atoms with van der Waals surface area (Å²) in [6, 6.07) is 13.6. The highest BCUT2D eigenvalue weighted by molar-refractivity contribution is 9.10. The summed E-state index contributed by atoms with van der Waals surface area (Å²) >= 11 is 3.40. The van der Waals surface area contributed by atoms with Crippen molar-refractivity contribution in [3.63, 3.8) is 0 Å². The Morgan fingerprint density at radius 2 is 1.86 bits per heavy atom. The Hall–Kier alpha value is -2.87. The topological polar surface area (TPSA) is 93.7 Å². The van der Waals surface area contributed by atoms with E-state index in [1.807, 2.05) is 24.3 Å². The van der Waals surface area contributed by atoms with Gasteiger partial charge in [0.15, 0.2) is 6.10 Å². The second-order valence-corrected chi connectivity index (χ2v) is 6.73. The molecule has 0 aliphatic carbocycles. The van der Waals surface area contributed by atoms with Crippen LogP contribution in [0.4, 0.5) is 4.79 Å². The number of hydrogen-bond donors (Lipinski definition) is 2. The van der Waals surface area contributed by atoms with Crippen LogP contribution in [-0.2, 0) is 16.1 Å². The minimum atomic E-state index is -1.15. The van der Waals surface area contributed by atoms with Gasteiger partial charge in [-0.25, -0.2) is 9.59 Å². The van der Waals surface area contributed by atoms with Crippen LogP contribution in [0.2, 0.25) is 0 Å². The molecule has 0 aliphatic heterocycles. The van der Waals surface area contributed by atoms with Crippen LogP contribution in [0.1, 0.15) is 29.8 Å². The van der Waals surface area contributed by atoms with Gasteiger partial charge < -0.3 is 14.8 Å². The molecule has 0 heterocycles. The predicted octanol–water partition coefficient (Wildman–Crippen LogP) is 3.42. The molecule has 0 aromatic heterocycles. The second-order valence-electron chi connectivity index (χ2n) is 5.81. The Bertz CT molecular complexity index is 856. The molecule has 2 aromatic carbocycles. The van der Waals surface area contributed by atoms with Gasteiger partial charge in [0, 0.05) is 11.0 Å². The highest BCUT2D eigenvalue weighted by Gasteiger charge is 2.22. The molecule has 0 radical (unpaired) electrons. The van der Waals surface area contributed by atoms with Gasteiger partial charge in [0.1, 0.15) is 17.9 Å². The zero-order chi connectivity index (χ0) is 20.5. The monoisotopic (exact) mass is 448 g/mol. The summed E-state index contributed by atoms with van der Waals surface area (Å²) in [5.41, 5.74) is 1.11. The van der Waals surface area contributed by atoms with Gasteiger partial charge in [-0.3, -0.25) is 10.1 Å². The molecule has 2 N–H and O–H groups in total. The molecule has 0 aliphatic rings. The van der Waals surface area contributed by atoms with E-state index in [1.165, 1.54) is 6.92 Å². The standard InChI is InChI=1S/C20H21BrN2O5/c1-3-22-20(26)23-18(24)13(2)28-19(25)16-9-4-5-10-17(16)27-12-14-7-6-8-15(21)11-14/h4-11,13H,3,12H2,1-2H3,(H2,22,23,24,26). The number of carbonyl (C=O) groups is 3. The Morgan fingerprint density at radius 1 is 1.11 bits per heavy atom. The molecule has 0 bridgehead atoms. The Kier molecular flexibility index (Phi) is 8.01. The van der Waals surface area contributed by atoms with Crippen molar-refractivity contribution in [1.29, 1.82) is 0 Å². The number of nitrogens with one attached hydrogen (secondary N) is 2. The lowest BCUT2D eigenvalue weighted by atomic mass is 10.2. The molecule has 1 unspecified atom stereocenters. The van der Waals surface area contributed by atoms with E-state index in [-0.39, 0.29) is 12.2 Å². The van der Waals surface area contributed by atoms with E-state index in [2.05, 4.69) is 26.6 Å². The molecule has 7 nitrogen and oxygen atoms in total. The first-order valence-corrected chi connectivity index (χ1v) is 9.46. The molecule has 1 atom stereocenters. The van der Waals surface area contributed by atoms with E-state index in [4.69, 9.17) is 9.47 Å². The number of urea groups is 1. The number of para-hydroxylation sites is 1. The van der Waals surface area contributed by atoms with Crippen LogP contribution in [0.3, 0.4) is 0 Å². The summed E-state index contributed by atoms with van der Waals surface area (Å²) < 4.78 is 11.8. The van der Waals surface area contributed by atoms with Crippen molar-refractivity contribution in [3.05, 3.63) is 64.1 Å². The summed E-state index contributed by atoms with van der Waals surface area (Å²) in [5.74, 6) is -1.10. The smallest absolute Gasteiger partial charge is 0.342 e. The molecule has 2 aromatic rings. The molecule has 0 fully saturated rings. The number of ether oxygens (including phenoxy) is 2. The van der Waals surface area contributed by atoms with E-state index in [0.717, 1.165) is 10.0 Å². The quantitative estimate of drug-likeness (QED) is 0.632. The Balaban J connectivity index is 2.01.